The van der Waals surface area contributed by atoms with Crippen LogP contribution in [0.3, 0.4) is 0 Å². The Bertz CT molecular complexity index is 163. The van der Waals surface area contributed by atoms with E-state index in [4.69, 9.17) is 0 Å². The number of amides is 1. The van der Waals surface area contributed by atoms with Crippen molar-refractivity contribution in [1.82, 2.24) is 5.32 Å². The topological polar surface area (TPSA) is 29.1 Å². The molecule has 0 heterocycles. The van der Waals surface area contributed by atoms with Crippen molar-refractivity contribution in [3.63, 3.8) is 0 Å². The normalized spacial score (nSPS) is 12.2. The first-order chi connectivity index (χ1) is 5.57. The Morgan fingerprint density at radius 3 is 2.58 bits per heavy atom. The average molecular weight is 169 g/mol. The van der Waals surface area contributed by atoms with E-state index in [1.54, 1.807) is 6.92 Å². The zero-order valence-corrected chi connectivity index (χ0v) is 8.31. The van der Waals surface area contributed by atoms with Gasteiger partial charge in [0.15, 0.2) is 0 Å². The molecule has 1 atom stereocenters. The van der Waals surface area contributed by atoms with Crippen molar-refractivity contribution in [3.8, 4) is 0 Å². The van der Waals surface area contributed by atoms with Crippen molar-refractivity contribution < 1.29 is 4.79 Å². The van der Waals surface area contributed by atoms with Crippen molar-refractivity contribution >= 4 is 5.91 Å². The van der Waals surface area contributed by atoms with Gasteiger partial charge in [0.05, 0.1) is 0 Å². The molecular weight excluding hydrogens is 150 g/mol. The van der Waals surface area contributed by atoms with Gasteiger partial charge in [0, 0.05) is 12.1 Å². The second kappa shape index (κ2) is 5.81. The number of hydrogen-bond donors (Lipinski definition) is 1. The first kappa shape index (κ1) is 11.2. The van der Waals surface area contributed by atoms with Crippen LogP contribution in [0.2, 0.25) is 0 Å². The number of carbonyl (C=O) groups is 1. The van der Waals surface area contributed by atoms with Gasteiger partial charge in [0.1, 0.15) is 0 Å². The van der Waals surface area contributed by atoms with Crippen LogP contribution in [-0.2, 0) is 4.79 Å². The molecule has 0 aromatic heterocycles. The van der Waals surface area contributed by atoms with E-state index in [0.717, 1.165) is 13.0 Å². The molecular formula is C10H19NO. The molecule has 2 heteroatoms. The van der Waals surface area contributed by atoms with Crippen molar-refractivity contribution in [3.05, 3.63) is 12.2 Å². The van der Waals surface area contributed by atoms with E-state index in [1.165, 1.54) is 6.42 Å². The summed E-state index contributed by atoms with van der Waals surface area (Å²) in [5, 5.41) is 2.83. The Labute approximate surface area is 75.0 Å². The van der Waals surface area contributed by atoms with Crippen LogP contribution in [0, 0.1) is 5.92 Å². The van der Waals surface area contributed by atoms with Gasteiger partial charge >= 0.3 is 0 Å². The van der Waals surface area contributed by atoms with Crippen LogP contribution < -0.4 is 5.32 Å². The third-order valence-electron chi connectivity index (χ3n) is 1.78. The fourth-order valence-electron chi connectivity index (χ4n) is 1.01. The SMILES string of the molecule is C=C(C)C(=O)NCC(C)CCC. The fraction of sp³-hybridized carbons (Fsp3) is 0.700. The fourth-order valence-corrected chi connectivity index (χ4v) is 1.01. The zero-order valence-electron chi connectivity index (χ0n) is 8.31. The molecule has 0 saturated carbocycles. The Hall–Kier alpha value is -0.790. The third kappa shape index (κ3) is 4.94. The van der Waals surface area contributed by atoms with Crippen molar-refractivity contribution in [2.24, 2.45) is 5.92 Å². The molecule has 1 unspecified atom stereocenters. The third-order valence-corrected chi connectivity index (χ3v) is 1.78. The minimum Gasteiger partial charge on any atom is -0.352 e. The van der Waals surface area contributed by atoms with Gasteiger partial charge in [-0.25, -0.2) is 0 Å². The molecule has 0 aliphatic rings. The van der Waals surface area contributed by atoms with Gasteiger partial charge < -0.3 is 5.32 Å². The molecule has 0 aliphatic heterocycles. The van der Waals surface area contributed by atoms with Crippen LogP contribution in [0.5, 0.6) is 0 Å². The standard InChI is InChI=1S/C10H19NO/c1-5-6-9(4)7-11-10(12)8(2)3/h9H,2,5-7H2,1,3-4H3,(H,11,12). The monoisotopic (exact) mass is 169 g/mol. The molecule has 2 nitrogen and oxygen atoms in total. The maximum absolute atomic E-state index is 11.0. The van der Waals surface area contributed by atoms with E-state index in [1.807, 2.05) is 0 Å². The van der Waals surface area contributed by atoms with E-state index < -0.39 is 0 Å². The average Bonchev–Trinajstić information content (AvgIpc) is 2.00. The Kier molecular flexibility index (Phi) is 5.43. The van der Waals surface area contributed by atoms with E-state index in [0.29, 0.717) is 11.5 Å². The first-order valence-electron chi connectivity index (χ1n) is 4.51. The second-order valence-electron chi connectivity index (χ2n) is 3.38. The van der Waals surface area contributed by atoms with E-state index in [-0.39, 0.29) is 5.91 Å². The Morgan fingerprint density at radius 1 is 1.58 bits per heavy atom. The summed E-state index contributed by atoms with van der Waals surface area (Å²) in [5.41, 5.74) is 0.582. The molecule has 0 radical (unpaired) electrons. The highest BCUT2D eigenvalue weighted by atomic mass is 16.1. The van der Waals surface area contributed by atoms with Gasteiger partial charge in [-0.1, -0.05) is 26.8 Å². The summed E-state index contributed by atoms with van der Waals surface area (Å²) >= 11 is 0. The summed E-state index contributed by atoms with van der Waals surface area (Å²) in [6, 6.07) is 0. The summed E-state index contributed by atoms with van der Waals surface area (Å²) in [5.74, 6) is 0.538. The number of nitrogens with one attached hydrogen (secondary N) is 1. The van der Waals surface area contributed by atoms with Crippen molar-refractivity contribution in [2.45, 2.75) is 33.6 Å². The lowest BCUT2D eigenvalue weighted by Gasteiger charge is -2.10. The molecule has 1 N–H and O–H groups in total. The van der Waals surface area contributed by atoms with Crippen LogP contribution in [0.25, 0.3) is 0 Å². The molecule has 12 heavy (non-hydrogen) atoms. The van der Waals surface area contributed by atoms with Gasteiger partial charge in [-0.3, -0.25) is 4.79 Å². The summed E-state index contributed by atoms with van der Waals surface area (Å²) in [6.07, 6.45) is 2.33. The number of rotatable bonds is 5. The molecule has 0 spiro atoms. The predicted molar refractivity (Wildman–Crippen MR) is 51.9 cm³/mol. The lowest BCUT2D eigenvalue weighted by atomic mass is 10.1. The maximum Gasteiger partial charge on any atom is 0.246 e. The second-order valence-corrected chi connectivity index (χ2v) is 3.38. The highest BCUT2D eigenvalue weighted by Gasteiger charge is 2.04. The number of hydrogen-bond acceptors (Lipinski definition) is 1. The largest absolute Gasteiger partial charge is 0.352 e. The van der Waals surface area contributed by atoms with E-state index >= 15 is 0 Å². The highest BCUT2D eigenvalue weighted by Crippen LogP contribution is 2.02. The summed E-state index contributed by atoms with van der Waals surface area (Å²) in [4.78, 5) is 11.0. The van der Waals surface area contributed by atoms with Crippen LogP contribution in [0.15, 0.2) is 12.2 Å². The summed E-state index contributed by atoms with van der Waals surface area (Å²) in [7, 11) is 0. The predicted octanol–water partition coefficient (Wildman–Crippen LogP) is 2.11. The van der Waals surface area contributed by atoms with Gasteiger partial charge in [0.25, 0.3) is 0 Å². The minimum absolute atomic E-state index is 0.0297. The first-order valence-corrected chi connectivity index (χ1v) is 4.51. The molecule has 0 saturated heterocycles. The highest BCUT2D eigenvalue weighted by molar-refractivity contribution is 5.92. The van der Waals surface area contributed by atoms with E-state index in [2.05, 4.69) is 25.7 Å². The zero-order chi connectivity index (χ0) is 9.56. The molecule has 70 valence electrons. The molecule has 0 aromatic rings. The lowest BCUT2D eigenvalue weighted by molar-refractivity contribution is -0.117. The molecule has 0 fully saturated rings. The molecule has 0 bridgehead atoms. The molecule has 0 aliphatic carbocycles. The summed E-state index contributed by atoms with van der Waals surface area (Å²) in [6.45, 7) is 10.3. The summed E-state index contributed by atoms with van der Waals surface area (Å²) < 4.78 is 0. The molecule has 0 rings (SSSR count). The lowest BCUT2D eigenvalue weighted by Crippen LogP contribution is -2.28. The Morgan fingerprint density at radius 2 is 2.17 bits per heavy atom. The van der Waals surface area contributed by atoms with E-state index in [9.17, 15) is 4.79 Å². The smallest absolute Gasteiger partial charge is 0.246 e. The van der Waals surface area contributed by atoms with Crippen LogP contribution >= 0.6 is 0 Å². The molecule has 1 amide bonds. The van der Waals surface area contributed by atoms with Crippen LogP contribution in [0.1, 0.15) is 33.6 Å². The van der Waals surface area contributed by atoms with Gasteiger partial charge in [-0.05, 0) is 19.3 Å². The molecule has 0 aromatic carbocycles. The quantitative estimate of drug-likeness (QED) is 0.627. The van der Waals surface area contributed by atoms with Gasteiger partial charge in [-0.15, -0.1) is 0 Å². The van der Waals surface area contributed by atoms with Crippen molar-refractivity contribution in [1.29, 1.82) is 0 Å². The van der Waals surface area contributed by atoms with Crippen molar-refractivity contribution in [2.75, 3.05) is 6.54 Å². The minimum atomic E-state index is -0.0297. The number of carbonyl (C=O) groups excluding carboxylic acids is 1. The van der Waals surface area contributed by atoms with Crippen LogP contribution in [-0.4, -0.2) is 12.5 Å². The Balaban J connectivity index is 3.54. The van der Waals surface area contributed by atoms with Gasteiger partial charge in [-0.2, -0.15) is 0 Å². The van der Waals surface area contributed by atoms with Gasteiger partial charge in [0.2, 0.25) is 5.91 Å². The van der Waals surface area contributed by atoms with Crippen LogP contribution in [0.4, 0.5) is 0 Å². The maximum atomic E-state index is 11.0.